The molecule has 2 aliphatic heterocycles. The van der Waals surface area contributed by atoms with Crippen LogP contribution in [0.1, 0.15) is 24.3 Å². The molecule has 1 aromatic rings. The number of carbonyl (C=O) groups is 2. The molecule has 0 aliphatic carbocycles. The molecule has 1 N–H and O–H groups in total. The predicted molar refractivity (Wildman–Crippen MR) is 77.1 cm³/mol. The summed E-state index contributed by atoms with van der Waals surface area (Å²) in [5.74, 6) is -0.338. The third kappa shape index (κ3) is 2.52. The standard InChI is InChI=1S/C15H16BrNO3/c16-12-4-2-1-3-10(12)14-11(9-5-6-20-8-9)7-13(18)17-15(14)19/h1-4,9,11,14H,5-8H2,(H,17,18,19). The fourth-order valence-electron chi connectivity index (χ4n) is 3.22. The second-order valence-electron chi connectivity index (χ2n) is 5.40. The molecule has 2 amide bonds. The zero-order valence-corrected chi connectivity index (χ0v) is 12.6. The summed E-state index contributed by atoms with van der Waals surface area (Å²) >= 11 is 3.51. The highest BCUT2D eigenvalue weighted by atomic mass is 79.9. The van der Waals surface area contributed by atoms with Crippen LogP contribution in [0, 0.1) is 11.8 Å². The van der Waals surface area contributed by atoms with Gasteiger partial charge >= 0.3 is 0 Å². The number of halogens is 1. The van der Waals surface area contributed by atoms with Crippen molar-refractivity contribution in [1.29, 1.82) is 0 Å². The van der Waals surface area contributed by atoms with Crippen molar-refractivity contribution >= 4 is 27.7 Å². The molecule has 20 heavy (non-hydrogen) atoms. The third-order valence-electron chi connectivity index (χ3n) is 4.21. The molecule has 0 bridgehead atoms. The summed E-state index contributed by atoms with van der Waals surface area (Å²) in [4.78, 5) is 24.0. The SMILES string of the molecule is O=C1CC(C2CCOC2)C(c2ccccc2Br)C(=O)N1. The van der Waals surface area contributed by atoms with Crippen LogP contribution in [0.3, 0.4) is 0 Å². The van der Waals surface area contributed by atoms with E-state index in [1.54, 1.807) is 0 Å². The highest BCUT2D eigenvalue weighted by Gasteiger charge is 2.42. The van der Waals surface area contributed by atoms with Gasteiger partial charge in [-0.3, -0.25) is 14.9 Å². The number of piperidine rings is 1. The number of ether oxygens (including phenoxy) is 1. The zero-order chi connectivity index (χ0) is 14.1. The first-order valence-electron chi connectivity index (χ1n) is 6.82. The lowest BCUT2D eigenvalue weighted by Gasteiger charge is -2.34. The van der Waals surface area contributed by atoms with Crippen LogP contribution in [-0.4, -0.2) is 25.0 Å². The van der Waals surface area contributed by atoms with Crippen molar-refractivity contribution < 1.29 is 14.3 Å². The third-order valence-corrected chi connectivity index (χ3v) is 4.93. The first-order chi connectivity index (χ1) is 9.66. The summed E-state index contributed by atoms with van der Waals surface area (Å²) < 4.78 is 6.36. The summed E-state index contributed by atoms with van der Waals surface area (Å²) in [5, 5.41) is 2.47. The van der Waals surface area contributed by atoms with Gasteiger partial charge in [-0.1, -0.05) is 34.1 Å². The molecular formula is C15H16BrNO3. The number of carbonyl (C=O) groups excluding carboxylic acids is 2. The van der Waals surface area contributed by atoms with Crippen molar-refractivity contribution in [2.75, 3.05) is 13.2 Å². The average molecular weight is 338 g/mol. The number of amides is 2. The zero-order valence-electron chi connectivity index (χ0n) is 11.0. The molecule has 2 saturated heterocycles. The maximum Gasteiger partial charge on any atom is 0.234 e. The smallest absolute Gasteiger partial charge is 0.234 e. The van der Waals surface area contributed by atoms with E-state index < -0.39 is 0 Å². The molecule has 0 saturated carbocycles. The lowest BCUT2D eigenvalue weighted by Crippen LogP contribution is -2.46. The Kier molecular flexibility index (Phi) is 3.89. The first kappa shape index (κ1) is 13.8. The minimum Gasteiger partial charge on any atom is -0.381 e. The maximum absolute atomic E-state index is 12.3. The molecule has 0 spiro atoms. The summed E-state index contributed by atoms with van der Waals surface area (Å²) in [6.07, 6.45) is 1.32. The molecule has 4 nitrogen and oxygen atoms in total. The molecule has 0 aromatic heterocycles. The van der Waals surface area contributed by atoms with E-state index >= 15 is 0 Å². The van der Waals surface area contributed by atoms with Gasteiger partial charge in [-0.25, -0.2) is 0 Å². The number of hydrogen-bond donors (Lipinski definition) is 1. The molecule has 3 rings (SSSR count). The van der Waals surface area contributed by atoms with E-state index in [9.17, 15) is 9.59 Å². The minimum absolute atomic E-state index is 0.0254. The van der Waals surface area contributed by atoms with Crippen LogP contribution in [0.25, 0.3) is 0 Å². The highest BCUT2D eigenvalue weighted by Crippen LogP contribution is 2.41. The highest BCUT2D eigenvalue weighted by molar-refractivity contribution is 9.10. The largest absolute Gasteiger partial charge is 0.381 e. The van der Waals surface area contributed by atoms with Gasteiger partial charge in [-0.05, 0) is 29.9 Å². The molecule has 1 aromatic carbocycles. The Labute approximate surface area is 126 Å². The molecule has 0 radical (unpaired) electrons. The van der Waals surface area contributed by atoms with Crippen molar-refractivity contribution in [3.8, 4) is 0 Å². The average Bonchev–Trinajstić information content (AvgIpc) is 2.93. The van der Waals surface area contributed by atoms with Crippen LogP contribution in [-0.2, 0) is 14.3 Å². The van der Waals surface area contributed by atoms with E-state index in [4.69, 9.17) is 4.74 Å². The fraction of sp³-hybridized carbons (Fsp3) is 0.467. The van der Waals surface area contributed by atoms with Gasteiger partial charge in [0, 0.05) is 24.1 Å². The Bertz CT molecular complexity index is 540. The van der Waals surface area contributed by atoms with E-state index in [1.165, 1.54) is 0 Å². The monoisotopic (exact) mass is 337 g/mol. The van der Waals surface area contributed by atoms with E-state index in [1.807, 2.05) is 24.3 Å². The second kappa shape index (κ2) is 5.66. The second-order valence-corrected chi connectivity index (χ2v) is 6.26. The number of imide groups is 1. The Morgan fingerprint density at radius 1 is 1.25 bits per heavy atom. The van der Waals surface area contributed by atoms with Crippen molar-refractivity contribution in [2.45, 2.75) is 18.8 Å². The van der Waals surface area contributed by atoms with Crippen molar-refractivity contribution in [1.82, 2.24) is 5.32 Å². The Hall–Kier alpha value is -1.20. The Morgan fingerprint density at radius 2 is 2.05 bits per heavy atom. The number of rotatable bonds is 2. The van der Waals surface area contributed by atoms with Crippen LogP contribution < -0.4 is 5.32 Å². The minimum atomic E-state index is -0.282. The molecule has 2 aliphatic rings. The summed E-state index contributed by atoms with van der Waals surface area (Å²) in [7, 11) is 0. The van der Waals surface area contributed by atoms with Gasteiger partial charge in [0.1, 0.15) is 0 Å². The van der Waals surface area contributed by atoms with Crippen LogP contribution in [0.2, 0.25) is 0 Å². The normalized spacial score (nSPS) is 30.4. The van der Waals surface area contributed by atoms with Gasteiger partial charge in [0.05, 0.1) is 5.92 Å². The van der Waals surface area contributed by atoms with Crippen molar-refractivity contribution in [3.05, 3.63) is 34.3 Å². The van der Waals surface area contributed by atoms with Gasteiger partial charge in [0.2, 0.25) is 11.8 Å². The number of nitrogens with one attached hydrogen (secondary N) is 1. The lowest BCUT2D eigenvalue weighted by atomic mass is 9.73. The molecule has 106 valence electrons. The Morgan fingerprint density at radius 3 is 2.75 bits per heavy atom. The number of hydrogen-bond acceptors (Lipinski definition) is 3. The van der Waals surface area contributed by atoms with E-state index in [0.717, 1.165) is 23.1 Å². The van der Waals surface area contributed by atoms with Crippen molar-refractivity contribution in [2.24, 2.45) is 11.8 Å². The van der Waals surface area contributed by atoms with Gasteiger partial charge in [0.15, 0.2) is 0 Å². The topological polar surface area (TPSA) is 55.4 Å². The first-order valence-corrected chi connectivity index (χ1v) is 7.62. The molecule has 2 heterocycles. The maximum atomic E-state index is 12.3. The Balaban J connectivity index is 1.97. The molecule has 3 atom stereocenters. The van der Waals surface area contributed by atoms with Crippen LogP contribution >= 0.6 is 15.9 Å². The quantitative estimate of drug-likeness (QED) is 0.842. The lowest BCUT2D eigenvalue weighted by molar-refractivity contribution is -0.137. The van der Waals surface area contributed by atoms with Gasteiger partial charge < -0.3 is 4.74 Å². The molecular weight excluding hydrogens is 322 g/mol. The summed E-state index contributed by atoms with van der Waals surface area (Å²) in [5.41, 5.74) is 0.953. The van der Waals surface area contributed by atoms with Crippen molar-refractivity contribution in [3.63, 3.8) is 0 Å². The van der Waals surface area contributed by atoms with Gasteiger partial charge in [-0.2, -0.15) is 0 Å². The number of benzene rings is 1. The van der Waals surface area contributed by atoms with Crippen LogP contribution in [0.5, 0.6) is 0 Å². The summed E-state index contributed by atoms with van der Waals surface area (Å²) in [6.45, 7) is 1.37. The molecule has 3 unspecified atom stereocenters. The molecule has 5 heteroatoms. The predicted octanol–water partition coefficient (Wildman–Crippen LogP) is 2.23. The van der Waals surface area contributed by atoms with E-state index in [-0.39, 0.29) is 29.6 Å². The van der Waals surface area contributed by atoms with Gasteiger partial charge in [0.25, 0.3) is 0 Å². The van der Waals surface area contributed by atoms with Gasteiger partial charge in [-0.15, -0.1) is 0 Å². The van der Waals surface area contributed by atoms with Crippen LogP contribution in [0.4, 0.5) is 0 Å². The van der Waals surface area contributed by atoms with E-state index in [0.29, 0.717) is 13.0 Å². The van der Waals surface area contributed by atoms with E-state index in [2.05, 4.69) is 21.2 Å². The van der Waals surface area contributed by atoms with Crippen LogP contribution in [0.15, 0.2) is 28.7 Å². The fourth-order valence-corrected chi connectivity index (χ4v) is 3.75. The summed E-state index contributed by atoms with van der Waals surface area (Å²) in [6, 6.07) is 7.73. The molecule has 2 fully saturated rings.